The number of hydrogen-bond donors (Lipinski definition) is 0. The molecule has 0 aromatic carbocycles. The highest BCUT2D eigenvalue weighted by Crippen LogP contribution is 2.20. The Morgan fingerprint density at radius 2 is 1.79 bits per heavy atom. The molecular weight excluding hydrogens is 202 g/mol. The Morgan fingerprint density at radius 1 is 1.36 bits per heavy atom. The summed E-state index contributed by atoms with van der Waals surface area (Å²) < 4.78 is 0. The summed E-state index contributed by atoms with van der Waals surface area (Å²) in [5, 5.41) is 16.9. The molecule has 0 unspecified atom stereocenters. The van der Waals surface area contributed by atoms with Gasteiger partial charge in [-0.05, 0) is 13.8 Å². The summed E-state index contributed by atoms with van der Waals surface area (Å²) in [6.07, 6.45) is 0. The largest absolute Gasteiger partial charge is 0.316 e. The van der Waals surface area contributed by atoms with Crippen molar-refractivity contribution in [2.24, 2.45) is 5.41 Å². The van der Waals surface area contributed by atoms with E-state index in [0.717, 1.165) is 0 Å². The molecule has 14 heavy (non-hydrogen) atoms. The van der Waals surface area contributed by atoms with Crippen molar-refractivity contribution in [1.29, 1.82) is 10.5 Å². The standard InChI is InChI=1S/C9H12ClN3O/c1-9(2,7-10)8(14)13(5-3-11)6-4-12/h5-7H2,1-2H3. The first-order valence-corrected chi connectivity index (χ1v) is 4.62. The highest BCUT2D eigenvalue weighted by molar-refractivity contribution is 6.19. The topological polar surface area (TPSA) is 67.9 Å². The van der Waals surface area contributed by atoms with E-state index in [1.165, 1.54) is 4.90 Å². The van der Waals surface area contributed by atoms with Gasteiger partial charge in [0.15, 0.2) is 0 Å². The third-order valence-electron chi connectivity index (χ3n) is 1.72. The number of rotatable bonds is 4. The van der Waals surface area contributed by atoms with Gasteiger partial charge in [-0.15, -0.1) is 11.6 Å². The van der Waals surface area contributed by atoms with E-state index in [4.69, 9.17) is 22.1 Å². The molecule has 0 fully saturated rings. The molecule has 0 aromatic rings. The summed E-state index contributed by atoms with van der Waals surface area (Å²) in [4.78, 5) is 12.9. The summed E-state index contributed by atoms with van der Waals surface area (Å²) in [6.45, 7) is 3.22. The number of carbonyl (C=O) groups is 1. The average molecular weight is 214 g/mol. The molecule has 0 aromatic heterocycles. The zero-order chi connectivity index (χ0) is 11.2. The van der Waals surface area contributed by atoms with Gasteiger partial charge in [0.25, 0.3) is 0 Å². The van der Waals surface area contributed by atoms with Crippen LogP contribution in [0.3, 0.4) is 0 Å². The maximum Gasteiger partial charge on any atom is 0.231 e. The molecule has 0 bridgehead atoms. The SMILES string of the molecule is CC(C)(CCl)C(=O)N(CC#N)CC#N. The maximum atomic E-state index is 11.7. The van der Waals surface area contributed by atoms with E-state index in [9.17, 15) is 4.79 Å². The second-order valence-corrected chi connectivity index (χ2v) is 3.76. The minimum Gasteiger partial charge on any atom is -0.316 e. The lowest BCUT2D eigenvalue weighted by Crippen LogP contribution is -2.42. The van der Waals surface area contributed by atoms with Gasteiger partial charge >= 0.3 is 0 Å². The highest BCUT2D eigenvalue weighted by atomic mass is 35.5. The molecule has 0 aliphatic rings. The molecule has 0 saturated carbocycles. The Kier molecular flexibility index (Phi) is 4.97. The van der Waals surface area contributed by atoms with Crippen LogP contribution in [0.1, 0.15) is 13.8 Å². The molecule has 4 nitrogen and oxygen atoms in total. The van der Waals surface area contributed by atoms with E-state index in [1.54, 1.807) is 13.8 Å². The highest BCUT2D eigenvalue weighted by Gasteiger charge is 2.30. The average Bonchev–Trinajstić information content (AvgIpc) is 2.16. The van der Waals surface area contributed by atoms with Gasteiger partial charge in [0.05, 0.1) is 17.6 Å². The first-order chi connectivity index (χ1) is 6.49. The number of nitriles is 2. The maximum absolute atomic E-state index is 11.7. The quantitative estimate of drug-likeness (QED) is 0.519. The van der Waals surface area contributed by atoms with Gasteiger partial charge in [-0.2, -0.15) is 10.5 Å². The van der Waals surface area contributed by atoms with Crippen LogP contribution in [-0.2, 0) is 4.79 Å². The van der Waals surface area contributed by atoms with E-state index in [2.05, 4.69) is 0 Å². The molecule has 76 valence electrons. The Labute approximate surface area is 88.7 Å². The number of carbonyl (C=O) groups excluding carboxylic acids is 1. The van der Waals surface area contributed by atoms with E-state index in [-0.39, 0.29) is 24.9 Å². The van der Waals surface area contributed by atoms with Gasteiger partial charge in [-0.3, -0.25) is 4.79 Å². The monoisotopic (exact) mass is 213 g/mol. The Morgan fingerprint density at radius 3 is 2.07 bits per heavy atom. The molecule has 0 rings (SSSR count). The summed E-state index contributed by atoms with van der Waals surface area (Å²) in [6, 6.07) is 3.68. The first-order valence-electron chi connectivity index (χ1n) is 4.09. The fourth-order valence-electron chi connectivity index (χ4n) is 0.855. The number of hydrogen-bond acceptors (Lipinski definition) is 3. The zero-order valence-corrected chi connectivity index (χ0v) is 9.01. The molecule has 5 heteroatoms. The van der Waals surface area contributed by atoms with Crippen molar-refractivity contribution in [3.05, 3.63) is 0 Å². The minimum absolute atomic E-state index is 0.0767. The normalized spacial score (nSPS) is 10.1. The predicted octanol–water partition coefficient (Wildman–Crippen LogP) is 1.13. The van der Waals surface area contributed by atoms with Gasteiger partial charge in [0.1, 0.15) is 13.1 Å². The van der Waals surface area contributed by atoms with E-state index in [1.807, 2.05) is 12.1 Å². The Bertz CT molecular complexity index is 271. The summed E-state index contributed by atoms with van der Waals surface area (Å²) in [5.74, 6) is -0.102. The van der Waals surface area contributed by atoms with Crippen LogP contribution in [0, 0.1) is 28.1 Å². The lowest BCUT2D eigenvalue weighted by Gasteiger charge is -2.26. The fourth-order valence-corrected chi connectivity index (χ4v) is 0.970. The summed E-state index contributed by atoms with van der Waals surface area (Å²) in [5.41, 5.74) is -0.727. The van der Waals surface area contributed by atoms with Crippen LogP contribution in [0.4, 0.5) is 0 Å². The van der Waals surface area contributed by atoms with Crippen molar-refractivity contribution in [3.63, 3.8) is 0 Å². The summed E-state index contributed by atoms with van der Waals surface area (Å²) in [7, 11) is 0. The van der Waals surface area contributed by atoms with E-state index < -0.39 is 5.41 Å². The van der Waals surface area contributed by atoms with Crippen LogP contribution in [-0.4, -0.2) is 29.8 Å². The number of alkyl halides is 1. The van der Waals surface area contributed by atoms with Gasteiger partial charge < -0.3 is 4.90 Å². The smallest absolute Gasteiger partial charge is 0.231 e. The second kappa shape index (κ2) is 5.47. The van der Waals surface area contributed by atoms with Crippen LogP contribution < -0.4 is 0 Å². The minimum atomic E-state index is -0.727. The molecule has 0 atom stereocenters. The van der Waals surface area contributed by atoms with Gasteiger partial charge in [-0.1, -0.05) is 0 Å². The van der Waals surface area contributed by atoms with Crippen LogP contribution in [0.5, 0.6) is 0 Å². The number of halogens is 1. The van der Waals surface area contributed by atoms with Crippen LogP contribution in [0.15, 0.2) is 0 Å². The number of nitrogens with zero attached hydrogens (tertiary/aromatic N) is 3. The second-order valence-electron chi connectivity index (χ2n) is 3.49. The summed E-state index contributed by atoms with van der Waals surface area (Å²) >= 11 is 5.62. The third-order valence-corrected chi connectivity index (χ3v) is 2.39. The molecular formula is C9H12ClN3O. The fraction of sp³-hybridized carbons (Fsp3) is 0.667. The molecule has 0 aliphatic heterocycles. The molecule has 0 heterocycles. The van der Waals surface area contributed by atoms with Crippen LogP contribution in [0.25, 0.3) is 0 Å². The van der Waals surface area contributed by atoms with Crippen molar-refractivity contribution in [1.82, 2.24) is 4.90 Å². The van der Waals surface area contributed by atoms with Crippen LogP contribution in [0.2, 0.25) is 0 Å². The number of amides is 1. The van der Waals surface area contributed by atoms with Crippen molar-refractivity contribution in [2.75, 3.05) is 19.0 Å². The molecule has 0 N–H and O–H groups in total. The van der Waals surface area contributed by atoms with Gasteiger partial charge in [0.2, 0.25) is 5.91 Å². The molecule has 0 saturated heterocycles. The Hall–Kier alpha value is -1.26. The van der Waals surface area contributed by atoms with Crippen molar-refractivity contribution < 1.29 is 4.79 Å². The van der Waals surface area contributed by atoms with Crippen LogP contribution >= 0.6 is 11.6 Å². The van der Waals surface area contributed by atoms with E-state index >= 15 is 0 Å². The lowest BCUT2D eigenvalue weighted by atomic mass is 9.94. The van der Waals surface area contributed by atoms with Gasteiger partial charge in [-0.25, -0.2) is 0 Å². The first kappa shape index (κ1) is 12.7. The molecule has 0 radical (unpaired) electrons. The van der Waals surface area contributed by atoms with Gasteiger partial charge in [0, 0.05) is 5.88 Å². The van der Waals surface area contributed by atoms with E-state index in [0.29, 0.717) is 0 Å². The van der Waals surface area contributed by atoms with Crippen molar-refractivity contribution in [3.8, 4) is 12.1 Å². The molecule has 0 aliphatic carbocycles. The third kappa shape index (κ3) is 3.24. The lowest BCUT2D eigenvalue weighted by molar-refractivity contribution is -0.137. The molecule has 1 amide bonds. The molecule has 0 spiro atoms. The predicted molar refractivity (Wildman–Crippen MR) is 52.3 cm³/mol. The Balaban J connectivity index is 4.62. The zero-order valence-electron chi connectivity index (χ0n) is 8.25. The van der Waals surface area contributed by atoms with Crippen molar-refractivity contribution in [2.45, 2.75) is 13.8 Å². The van der Waals surface area contributed by atoms with Crippen molar-refractivity contribution >= 4 is 17.5 Å².